The Labute approximate surface area is 183 Å². The fourth-order valence-corrected chi connectivity index (χ4v) is 3.44. The molecule has 0 aromatic rings. The number of unbranched alkanes of at least 4 members (excludes halogenated alkanes) is 1. The molecule has 2 N–H and O–H groups in total. The van der Waals surface area contributed by atoms with Crippen LogP contribution in [0.3, 0.4) is 0 Å². The molecule has 2 rings (SSSR count). The molecule has 0 amide bonds. The first kappa shape index (κ1) is 24.9. The van der Waals surface area contributed by atoms with Gasteiger partial charge in [0.25, 0.3) is 0 Å². The zero-order valence-corrected chi connectivity index (χ0v) is 19.9. The lowest BCUT2D eigenvalue weighted by Gasteiger charge is -2.32. The van der Waals surface area contributed by atoms with Gasteiger partial charge in [0.1, 0.15) is 0 Å². The molecule has 0 saturated carbocycles. The summed E-state index contributed by atoms with van der Waals surface area (Å²) in [6.45, 7) is 16.9. The Hall–Kier alpha value is -0.160. The van der Waals surface area contributed by atoms with Crippen LogP contribution in [-0.4, -0.2) is 112 Å². The van der Waals surface area contributed by atoms with E-state index >= 15 is 0 Å². The Kier molecular flexibility index (Phi) is 13.6. The number of nitrogens with one attached hydrogen (secondary N) is 2. The molecule has 2 aliphatic rings. The van der Waals surface area contributed by atoms with Crippen LogP contribution < -0.4 is 10.6 Å². The minimum atomic E-state index is 0. The average molecular weight is 496 g/mol. The van der Waals surface area contributed by atoms with Crippen molar-refractivity contribution in [3.63, 3.8) is 0 Å². The number of morpholine rings is 1. The molecule has 0 aromatic carbocycles. The maximum absolute atomic E-state index is 5.43. The molecule has 2 fully saturated rings. The van der Waals surface area contributed by atoms with Gasteiger partial charge in [-0.05, 0) is 40.3 Å². The van der Waals surface area contributed by atoms with Gasteiger partial charge in [-0.1, -0.05) is 0 Å². The lowest BCUT2D eigenvalue weighted by molar-refractivity contribution is 0.0220. The molecule has 27 heavy (non-hydrogen) atoms. The number of rotatable bonds is 9. The second-order valence-electron chi connectivity index (χ2n) is 7.50. The van der Waals surface area contributed by atoms with E-state index in [1.54, 1.807) is 0 Å². The van der Waals surface area contributed by atoms with E-state index in [2.05, 4.69) is 46.2 Å². The van der Waals surface area contributed by atoms with E-state index in [-0.39, 0.29) is 24.0 Å². The zero-order valence-electron chi connectivity index (χ0n) is 17.6. The molecule has 2 heterocycles. The van der Waals surface area contributed by atoms with Gasteiger partial charge >= 0.3 is 0 Å². The Morgan fingerprint density at radius 2 is 1.74 bits per heavy atom. The molecule has 7 nitrogen and oxygen atoms in total. The molecule has 0 aromatic heterocycles. The summed E-state index contributed by atoms with van der Waals surface area (Å²) >= 11 is 0. The molecule has 1 unspecified atom stereocenters. The van der Waals surface area contributed by atoms with Crippen molar-refractivity contribution in [2.75, 3.05) is 85.7 Å². The fourth-order valence-electron chi connectivity index (χ4n) is 3.44. The molecule has 2 aliphatic heterocycles. The summed E-state index contributed by atoms with van der Waals surface area (Å²) in [6.07, 6.45) is 2.44. The van der Waals surface area contributed by atoms with Crippen LogP contribution in [0.2, 0.25) is 0 Å². The normalized spacial score (nSPS) is 21.5. The molecule has 1 atom stereocenters. The monoisotopic (exact) mass is 496 g/mol. The average Bonchev–Trinajstić information content (AvgIpc) is 2.67. The van der Waals surface area contributed by atoms with Crippen molar-refractivity contribution in [2.24, 2.45) is 4.99 Å². The van der Waals surface area contributed by atoms with Crippen LogP contribution in [0.25, 0.3) is 0 Å². The number of hydrogen-bond acceptors (Lipinski definition) is 5. The van der Waals surface area contributed by atoms with E-state index in [1.807, 2.05) is 0 Å². The quantitative estimate of drug-likeness (QED) is 0.214. The number of nitrogens with zero attached hydrogens (tertiary/aromatic N) is 4. The molecule has 2 saturated heterocycles. The van der Waals surface area contributed by atoms with Gasteiger partial charge in [-0.2, -0.15) is 0 Å². The standard InChI is InChI=1S/C19H40N6O.HI/c1-4-20-19(22-17-18(2)25-13-15-26-16-14-25)21-7-5-6-8-24-11-9-23(3)10-12-24;/h18H,4-17H2,1-3H3,(H2,20,21,22);1H. The Balaban J connectivity index is 0.00000364. The molecule has 8 heteroatoms. The molecule has 0 bridgehead atoms. The molecular weight excluding hydrogens is 455 g/mol. The van der Waals surface area contributed by atoms with Crippen molar-refractivity contribution in [3.8, 4) is 0 Å². The first-order chi connectivity index (χ1) is 12.7. The summed E-state index contributed by atoms with van der Waals surface area (Å²) in [5, 5.41) is 6.86. The number of guanidine groups is 1. The van der Waals surface area contributed by atoms with E-state index in [1.165, 1.54) is 45.6 Å². The van der Waals surface area contributed by atoms with Crippen LogP contribution >= 0.6 is 24.0 Å². The minimum Gasteiger partial charge on any atom is -0.379 e. The van der Waals surface area contributed by atoms with Crippen molar-refractivity contribution >= 4 is 29.9 Å². The van der Waals surface area contributed by atoms with E-state index in [0.29, 0.717) is 6.04 Å². The smallest absolute Gasteiger partial charge is 0.191 e. The van der Waals surface area contributed by atoms with Gasteiger partial charge in [0.05, 0.1) is 19.8 Å². The topological polar surface area (TPSA) is 55.4 Å². The van der Waals surface area contributed by atoms with E-state index < -0.39 is 0 Å². The highest BCUT2D eigenvalue weighted by Gasteiger charge is 2.16. The van der Waals surface area contributed by atoms with E-state index in [9.17, 15) is 0 Å². The predicted molar refractivity (Wildman–Crippen MR) is 124 cm³/mol. The van der Waals surface area contributed by atoms with E-state index in [0.717, 1.165) is 51.9 Å². The van der Waals surface area contributed by atoms with Crippen LogP contribution in [0.5, 0.6) is 0 Å². The summed E-state index contributed by atoms with van der Waals surface area (Å²) in [4.78, 5) is 12.2. The Morgan fingerprint density at radius 3 is 2.41 bits per heavy atom. The molecule has 0 radical (unpaired) electrons. The lowest BCUT2D eigenvalue weighted by atomic mass is 10.2. The largest absolute Gasteiger partial charge is 0.379 e. The molecule has 0 spiro atoms. The van der Waals surface area contributed by atoms with Crippen molar-refractivity contribution in [1.82, 2.24) is 25.3 Å². The summed E-state index contributed by atoms with van der Waals surface area (Å²) in [5.41, 5.74) is 0. The Morgan fingerprint density at radius 1 is 1.04 bits per heavy atom. The SMILES string of the molecule is CCNC(=NCC(C)N1CCOCC1)NCCCCN1CCN(C)CC1.I. The zero-order chi connectivity index (χ0) is 18.6. The second kappa shape index (κ2) is 14.8. The third-order valence-corrected chi connectivity index (χ3v) is 5.32. The van der Waals surface area contributed by atoms with Gasteiger partial charge in [-0.3, -0.25) is 9.89 Å². The van der Waals surface area contributed by atoms with Gasteiger partial charge < -0.3 is 25.2 Å². The number of halogens is 1. The highest BCUT2D eigenvalue weighted by atomic mass is 127. The van der Waals surface area contributed by atoms with Gasteiger partial charge in [-0.15, -0.1) is 24.0 Å². The van der Waals surface area contributed by atoms with Crippen LogP contribution in [-0.2, 0) is 4.74 Å². The Bertz CT molecular complexity index is 398. The first-order valence-corrected chi connectivity index (χ1v) is 10.4. The van der Waals surface area contributed by atoms with Gasteiger partial charge in [-0.25, -0.2) is 0 Å². The predicted octanol–water partition coefficient (Wildman–Crippen LogP) is 0.908. The van der Waals surface area contributed by atoms with Gasteiger partial charge in [0.15, 0.2) is 5.96 Å². The second-order valence-corrected chi connectivity index (χ2v) is 7.50. The number of ether oxygens (including phenoxy) is 1. The van der Waals surface area contributed by atoms with Crippen molar-refractivity contribution in [2.45, 2.75) is 32.7 Å². The fraction of sp³-hybridized carbons (Fsp3) is 0.947. The van der Waals surface area contributed by atoms with Gasteiger partial charge in [0.2, 0.25) is 0 Å². The number of hydrogen-bond donors (Lipinski definition) is 2. The third kappa shape index (κ3) is 10.3. The van der Waals surface area contributed by atoms with Crippen molar-refractivity contribution < 1.29 is 4.74 Å². The van der Waals surface area contributed by atoms with Crippen LogP contribution in [0.15, 0.2) is 4.99 Å². The van der Waals surface area contributed by atoms with Crippen LogP contribution in [0.1, 0.15) is 26.7 Å². The van der Waals surface area contributed by atoms with E-state index in [4.69, 9.17) is 9.73 Å². The maximum atomic E-state index is 5.43. The number of aliphatic imine (C=N–C) groups is 1. The van der Waals surface area contributed by atoms with Gasteiger partial charge in [0, 0.05) is 58.4 Å². The molecule has 160 valence electrons. The highest BCUT2D eigenvalue weighted by Crippen LogP contribution is 2.04. The minimum absolute atomic E-state index is 0. The summed E-state index contributed by atoms with van der Waals surface area (Å²) in [6, 6.07) is 0.464. The number of piperazine rings is 1. The van der Waals surface area contributed by atoms with Crippen LogP contribution in [0.4, 0.5) is 0 Å². The van der Waals surface area contributed by atoms with Crippen LogP contribution in [0, 0.1) is 0 Å². The van der Waals surface area contributed by atoms with Crippen molar-refractivity contribution in [1.29, 1.82) is 0 Å². The highest BCUT2D eigenvalue weighted by molar-refractivity contribution is 14.0. The molecule has 0 aliphatic carbocycles. The lowest BCUT2D eigenvalue weighted by Crippen LogP contribution is -2.45. The maximum Gasteiger partial charge on any atom is 0.191 e. The first-order valence-electron chi connectivity index (χ1n) is 10.4. The third-order valence-electron chi connectivity index (χ3n) is 5.32. The summed E-state index contributed by atoms with van der Waals surface area (Å²) in [7, 11) is 2.21. The molecular formula is C19H41IN6O. The number of likely N-dealkylation sites (N-methyl/N-ethyl adjacent to an activating group) is 1. The van der Waals surface area contributed by atoms with Crippen molar-refractivity contribution in [3.05, 3.63) is 0 Å². The summed E-state index contributed by atoms with van der Waals surface area (Å²) in [5.74, 6) is 0.951. The summed E-state index contributed by atoms with van der Waals surface area (Å²) < 4.78 is 5.43.